The molecule has 0 spiro atoms. The van der Waals surface area contributed by atoms with Crippen LogP contribution in [0.3, 0.4) is 0 Å². The van der Waals surface area contributed by atoms with Crippen LogP contribution in [0.15, 0.2) is 36.0 Å². The first-order chi connectivity index (χ1) is 13.6. The summed E-state index contributed by atoms with van der Waals surface area (Å²) in [6, 6.07) is 0. The molecule has 0 aromatic rings. The number of hydrogen-bond acceptors (Lipinski definition) is 2. The highest BCUT2D eigenvalue weighted by Gasteiger charge is 2.50. The minimum absolute atomic E-state index is 0.177. The molecule has 3 aliphatic rings. The van der Waals surface area contributed by atoms with Gasteiger partial charge in [0, 0.05) is 0 Å². The van der Waals surface area contributed by atoms with Crippen LogP contribution < -0.4 is 0 Å². The Morgan fingerprint density at radius 2 is 2.07 bits per heavy atom. The third kappa shape index (κ3) is 5.44. The van der Waals surface area contributed by atoms with Crippen molar-refractivity contribution < 1.29 is 10.2 Å². The van der Waals surface area contributed by atoms with E-state index in [4.69, 9.17) is 0 Å². The predicted octanol–water partition coefficient (Wildman–Crippen LogP) is 6.59. The lowest BCUT2D eigenvalue weighted by Crippen LogP contribution is -2.36. The highest BCUT2D eigenvalue weighted by Crippen LogP contribution is 2.58. The van der Waals surface area contributed by atoms with E-state index in [0.29, 0.717) is 11.3 Å². The third-order valence-corrected chi connectivity index (χ3v) is 8.36. The molecular formula is C27H44O2. The zero-order valence-corrected chi connectivity index (χ0v) is 19.3. The summed E-state index contributed by atoms with van der Waals surface area (Å²) < 4.78 is 0. The van der Waals surface area contributed by atoms with Gasteiger partial charge in [0.1, 0.15) is 0 Å². The van der Waals surface area contributed by atoms with Crippen LogP contribution in [0.4, 0.5) is 0 Å². The van der Waals surface area contributed by atoms with Crippen LogP contribution in [-0.4, -0.2) is 21.9 Å². The monoisotopic (exact) mass is 400 g/mol. The number of rotatable bonds is 7. The fourth-order valence-electron chi connectivity index (χ4n) is 6.65. The SMILES string of the molecule is C=C1CC[C@H](O)C/C1=C/CC1CC=C[C@]2(C)[C@@H]([C@H](C)CCCC(C)(C)O)CC[C@@H]12. The minimum Gasteiger partial charge on any atom is -0.393 e. The normalized spacial score (nSPS) is 37.7. The summed E-state index contributed by atoms with van der Waals surface area (Å²) in [5.74, 6) is 2.96. The average Bonchev–Trinajstić information content (AvgIpc) is 2.99. The minimum atomic E-state index is -0.540. The second kappa shape index (κ2) is 9.10. The van der Waals surface area contributed by atoms with Gasteiger partial charge in [0.15, 0.2) is 0 Å². The van der Waals surface area contributed by atoms with Crippen LogP contribution in [-0.2, 0) is 0 Å². The van der Waals surface area contributed by atoms with Crippen molar-refractivity contribution in [3.8, 4) is 0 Å². The van der Waals surface area contributed by atoms with E-state index < -0.39 is 5.60 Å². The Labute approximate surface area is 179 Å². The third-order valence-electron chi connectivity index (χ3n) is 8.36. The largest absolute Gasteiger partial charge is 0.393 e. The Bertz CT molecular complexity index is 637. The molecule has 2 heteroatoms. The second-order valence-corrected chi connectivity index (χ2v) is 11.2. The lowest BCUT2D eigenvalue weighted by molar-refractivity contribution is 0.0628. The maximum Gasteiger partial charge on any atom is 0.0591 e. The van der Waals surface area contributed by atoms with E-state index in [1.54, 1.807) is 0 Å². The molecule has 0 heterocycles. The van der Waals surface area contributed by atoms with Gasteiger partial charge >= 0.3 is 0 Å². The van der Waals surface area contributed by atoms with Gasteiger partial charge in [-0.2, -0.15) is 0 Å². The molecule has 2 saturated carbocycles. The van der Waals surface area contributed by atoms with Crippen LogP contribution >= 0.6 is 0 Å². The smallest absolute Gasteiger partial charge is 0.0591 e. The Hall–Kier alpha value is -0.860. The Balaban J connectivity index is 1.63. The van der Waals surface area contributed by atoms with Gasteiger partial charge in [0.25, 0.3) is 0 Å². The summed E-state index contributed by atoms with van der Waals surface area (Å²) in [6.07, 6.45) is 18.1. The van der Waals surface area contributed by atoms with E-state index >= 15 is 0 Å². The highest BCUT2D eigenvalue weighted by atomic mass is 16.3. The van der Waals surface area contributed by atoms with Crippen molar-refractivity contribution in [3.63, 3.8) is 0 Å². The second-order valence-electron chi connectivity index (χ2n) is 11.2. The zero-order valence-electron chi connectivity index (χ0n) is 19.3. The van der Waals surface area contributed by atoms with Gasteiger partial charge in [-0.05, 0) is 99.9 Å². The van der Waals surface area contributed by atoms with Crippen molar-refractivity contribution in [1.29, 1.82) is 0 Å². The van der Waals surface area contributed by atoms with Gasteiger partial charge in [-0.1, -0.05) is 57.1 Å². The van der Waals surface area contributed by atoms with E-state index in [1.165, 1.54) is 36.8 Å². The molecule has 164 valence electrons. The maximum atomic E-state index is 10.0. The molecule has 0 saturated heterocycles. The molecule has 2 nitrogen and oxygen atoms in total. The first-order valence-corrected chi connectivity index (χ1v) is 12.1. The van der Waals surface area contributed by atoms with Crippen LogP contribution in [0.1, 0.15) is 91.9 Å². The molecule has 0 aromatic heterocycles. The van der Waals surface area contributed by atoms with E-state index in [0.717, 1.165) is 56.3 Å². The van der Waals surface area contributed by atoms with Gasteiger partial charge < -0.3 is 10.2 Å². The molecule has 6 atom stereocenters. The van der Waals surface area contributed by atoms with Crippen molar-refractivity contribution in [2.24, 2.45) is 29.1 Å². The van der Waals surface area contributed by atoms with Gasteiger partial charge in [-0.3, -0.25) is 0 Å². The van der Waals surface area contributed by atoms with Crippen molar-refractivity contribution in [2.75, 3.05) is 0 Å². The topological polar surface area (TPSA) is 40.5 Å². The van der Waals surface area contributed by atoms with Crippen LogP contribution in [0, 0.1) is 29.1 Å². The first-order valence-electron chi connectivity index (χ1n) is 12.1. The molecule has 0 radical (unpaired) electrons. The molecule has 0 amide bonds. The summed E-state index contributed by atoms with van der Waals surface area (Å²) >= 11 is 0. The van der Waals surface area contributed by atoms with Crippen LogP contribution in [0.5, 0.6) is 0 Å². The molecule has 0 bridgehead atoms. The molecular weight excluding hydrogens is 356 g/mol. The van der Waals surface area contributed by atoms with E-state index in [2.05, 4.69) is 38.7 Å². The van der Waals surface area contributed by atoms with Crippen molar-refractivity contribution >= 4 is 0 Å². The summed E-state index contributed by atoms with van der Waals surface area (Å²) in [7, 11) is 0. The van der Waals surface area contributed by atoms with Gasteiger partial charge in [0.05, 0.1) is 11.7 Å². The fraction of sp³-hybridized carbons (Fsp3) is 0.778. The predicted molar refractivity (Wildman–Crippen MR) is 123 cm³/mol. The summed E-state index contributed by atoms with van der Waals surface area (Å²) in [6.45, 7) is 13.0. The van der Waals surface area contributed by atoms with E-state index in [-0.39, 0.29) is 6.10 Å². The number of hydrogen-bond donors (Lipinski definition) is 2. The molecule has 3 rings (SSSR count). The number of aliphatic hydroxyl groups is 2. The summed E-state index contributed by atoms with van der Waals surface area (Å²) in [5, 5.41) is 20.1. The van der Waals surface area contributed by atoms with Gasteiger partial charge in [-0.25, -0.2) is 0 Å². The van der Waals surface area contributed by atoms with E-state index in [9.17, 15) is 10.2 Å². The lowest BCUT2D eigenvalue weighted by atomic mass is 9.61. The van der Waals surface area contributed by atoms with Gasteiger partial charge in [-0.15, -0.1) is 0 Å². The lowest BCUT2D eigenvalue weighted by Gasteiger charge is -2.43. The molecule has 0 aromatic carbocycles. The van der Waals surface area contributed by atoms with Crippen LogP contribution in [0.2, 0.25) is 0 Å². The highest BCUT2D eigenvalue weighted by molar-refractivity contribution is 5.31. The zero-order chi connectivity index (χ0) is 21.2. The molecule has 2 fully saturated rings. The quantitative estimate of drug-likeness (QED) is 0.473. The summed E-state index contributed by atoms with van der Waals surface area (Å²) in [5.41, 5.74) is 2.34. The fourth-order valence-corrected chi connectivity index (χ4v) is 6.65. The number of fused-ring (bicyclic) bond motifs is 1. The average molecular weight is 401 g/mol. The molecule has 0 aliphatic heterocycles. The first kappa shape index (κ1) is 22.8. The Morgan fingerprint density at radius 1 is 1.31 bits per heavy atom. The maximum absolute atomic E-state index is 10.0. The summed E-state index contributed by atoms with van der Waals surface area (Å²) in [4.78, 5) is 0. The standard InChI is InChI=1S/C27H44O2/c1-19-10-13-23(28)18-22(19)12-11-21-9-7-17-27(5)24(14-15-25(21)27)20(2)8-6-16-26(3,4)29/h7,12,17,20-21,23-25,28-29H,1,6,8-11,13-16,18H2,2-5H3/b22-12-/t20-,21?,23+,24-,25+,27-/m1/s1. The molecule has 29 heavy (non-hydrogen) atoms. The van der Waals surface area contributed by atoms with E-state index in [1.807, 2.05) is 13.8 Å². The molecule has 1 unspecified atom stereocenters. The molecule has 3 aliphatic carbocycles. The Morgan fingerprint density at radius 3 is 2.79 bits per heavy atom. The van der Waals surface area contributed by atoms with Gasteiger partial charge in [0.2, 0.25) is 0 Å². The number of aliphatic hydroxyl groups excluding tert-OH is 1. The van der Waals surface area contributed by atoms with Crippen molar-refractivity contribution in [2.45, 2.75) is 104 Å². The molecule has 2 N–H and O–H groups in total. The van der Waals surface area contributed by atoms with Crippen molar-refractivity contribution in [3.05, 3.63) is 36.0 Å². The van der Waals surface area contributed by atoms with Crippen molar-refractivity contribution in [1.82, 2.24) is 0 Å². The van der Waals surface area contributed by atoms with Crippen LogP contribution in [0.25, 0.3) is 0 Å². The number of allylic oxidation sites excluding steroid dienone is 4. The Kier molecular flexibility index (Phi) is 7.16.